The fourth-order valence-electron chi connectivity index (χ4n) is 6.52. The number of ether oxygens (including phenoxy) is 2. The van der Waals surface area contributed by atoms with Crippen molar-refractivity contribution >= 4 is 23.6 Å². The molecular weight excluding hydrogens is 683 g/mol. The number of amides is 2. The third-order valence-electron chi connectivity index (χ3n) is 9.33. The molecule has 1 aromatic heterocycles. The first-order valence-electron chi connectivity index (χ1n) is 16.7. The van der Waals surface area contributed by atoms with Crippen molar-refractivity contribution in [3.8, 4) is 11.1 Å². The Morgan fingerprint density at radius 1 is 0.980 bits per heavy atom. The molecule has 2 saturated heterocycles. The number of carbonyl (C=O) groups is 2. The van der Waals surface area contributed by atoms with E-state index in [1.165, 1.54) is 18.0 Å². The molecule has 51 heavy (non-hydrogen) atoms. The van der Waals surface area contributed by atoms with Crippen LogP contribution < -0.4 is 10.0 Å². The van der Waals surface area contributed by atoms with Crippen LogP contribution in [0.2, 0.25) is 0 Å². The molecule has 0 unspecified atom stereocenters. The molecule has 0 spiro atoms. The molecule has 9 nitrogen and oxygen atoms in total. The number of nitrogens with one attached hydrogen (secondary N) is 1. The topological polar surface area (TPSA) is 115 Å². The van der Waals surface area contributed by atoms with Gasteiger partial charge in [-0.1, -0.05) is 91.5 Å². The van der Waals surface area contributed by atoms with Crippen molar-refractivity contribution in [2.75, 3.05) is 12.3 Å². The van der Waals surface area contributed by atoms with Gasteiger partial charge in [0.05, 0.1) is 18.8 Å². The van der Waals surface area contributed by atoms with Crippen molar-refractivity contribution in [3.63, 3.8) is 0 Å². The Bertz CT molecular complexity index is 1830. The van der Waals surface area contributed by atoms with E-state index in [-0.39, 0.29) is 44.2 Å². The van der Waals surface area contributed by atoms with E-state index in [9.17, 15) is 33.1 Å². The molecule has 13 heteroatoms. The van der Waals surface area contributed by atoms with Crippen LogP contribution in [0, 0.1) is 11.1 Å². The number of aliphatic hydroxyl groups is 1. The minimum Gasteiger partial charge on any atom is -0.618 e. The van der Waals surface area contributed by atoms with E-state index in [1.807, 2.05) is 78.9 Å². The highest BCUT2D eigenvalue weighted by Crippen LogP contribution is 2.43. The van der Waals surface area contributed by atoms with Gasteiger partial charge in [-0.2, -0.15) is 17.9 Å². The normalized spacial score (nSPS) is 22.1. The van der Waals surface area contributed by atoms with Crippen LogP contribution in [0.25, 0.3) is 11.1 Å². The van der Waals surface area contributed by atoms with Crippen molar-refractivity contribution < 1.29 is 42.1 Å². The maximum absolute atomic E-state index is 13.1. The van der Waals surface area contributed by atoms with Crippen LogP contribution in [-0.4, -0.2) is 52.4 Å². The number of halogens is 3. The van der Waals surface area contributed by atoms with Crippen LogP contribution >= 0.6 is 11.8 Å². The third kappa shape index (κ3) is 8.39. The molecule has 268 valence electrons. The first kappa shape index (κ1) is 36.4. The second-order valence-electron chi connectivity index (χ2n) is 12.6. The van der Waals surface area contributed by atoms with Crippen LogP contribution in [0.1, 0.15) is 54.4 Å². The van der Waals surface area contributed by atoms with E-state index in [1.54, 1.807) is 12.1 Å². The van der Waals surface area contributed by atoms with Crippen molar-refractivity contribution in [1.82, 2.24) is 10.2 Å². The maximum atomic E-state index is 13.1. The van der Waals surface area contributed by atoms with Gasteiger partial charge in [-0.25, -0.2) is 0 Å². The number of carbonyl (C=O) groups excluding carboxylic acids is 2. The highest BCUT2D eigenvalue weighted by atomic mass is 32.2. The van der Waals surface area contributed by atoms with Crippen LogP contribution in [-0.2, 0) is 32.2 Å². The van der Waals surface area contributed by atoms with Gasteiger partial charge in [-0.3, -0.25) is 9.59 Å². The van der Waals surface area contributed by atoms with Gasteiger partial charge in [-0.05, 0) is 46.7 Å². The Kier molecular flexibility index (Phi) is 11.3. The molecule has 4 aromatic rings. The van der Waals surface area contributed by atoms with Crippen molar-refractivity contribution in [2.24, 2.45) is 5.92 Å². The number of aliphatic hydroxyl groups excluding tert-OH is 1. The average Bonchev–Trinajstić information content (AvgIpc) is 3.64. The monoisotopic (exact) mass is 721 g/mol. The van der Waals surface area contributed by atoms with Crippen LogP contribution in [0.4, 0.5) is 13.2 Å². The fraction of sp³-hybridized carbons (Fsp3) is 0.342. The summed E-state index contributed by atoms with van der Waals surface area (Å²) < 4.78 is 53.2. The molecule has 2 N–H and O–H groups in total. The minimum atomic E-state index is -5.04. The Morgan fingerprint density at radius 3 is 2.39 bits per heavy atom. The molecule has 6 rings (SSSR count). The molecule has 2 aliphatic rings. The highest BCUT2D eigenvalue weighted by molar-refractivity contribution is 7.99. The molecule has 0 bridgehead atoms. The van der Waals surface area contributed by atoms with E-state index in [0.29, 0.717) is 22.1 Å². The van der Waals surface area contributed by atoms with E-state index in [4.69, 9.17) is 9.47 Å². The lowest BCUT2D eigenvalue weighted by Gasteiger charge is -2.41. The number of pyridine rings is 1. The molecule has 3 aromatic carbocycles. The number of nitrogens with zero attached hydrogens (tertiary/aromatic N) is 2. The van der Waals surface area contributed by atoms with Crippen molar-refractivity contribution in [3.05, 3.63) is 125 Å². The number of rotatable bonds is 10. The summed E-state index contributed by atoms with van der Waals surface area (Å²) >= 11 is 1.41. The van der Waals surface area contributed by atoms with Crippen LogP contribution in [0.5, 0.6) is 0 Å². The smallest absolute Gasteiger partial charge is 0.471 e. The summed E-state index contributed by atoms with van der Waals surface area (Å²) in [5.74, 6) is -2.18. The molecule has 0 radical (unpaired) electrons. The summed E-state index contributed by atoms with van der Waals surface area (Å²) in [5, 5.41) is 25.2. The lowest BCUT2D eigenvalue weighted by molar-refractivity contribution is -0.645. The van der Waals surface area contributed by atoms with Gasteiger partial charge in [0.1, 0.15) is 6.04 Å². The summed E-state index contributed by atoms with van der Waals surface area (Å²) in [6.45, 7) is 1.94. The lowest BCUT2D eigenvalue weighted by atomic mass is 9.91. The van der Waals surface area contributed by atoms with Crippen molar-refractivity contribution in [1.29, 1.82) is 0 Å². The van der Waals surface area contributed by atoms with Gasteiger partial charge in [0.2, 0.25) is 5.91 Å². The van der Waals surface area contributed by atoms with Gasteiger partial charge in [0.15, 0.2) is 12.5 Å². The maximum Gasteiger partial charge on any atom is 0.471 e. The summed E-state index contributed by atoms with van der Waals surface area (Å²) in [6, 6.07) is 26.8. The summed E-state index contributed by atoms with van der Waals surface area (Å²) in [7, 11) is 0. The molecule has 3 heterocycles. The molecule has 0 saturated carbocycles. The van der Waals surface area contributed by atoms with E-state index < -0.39 is 30.3 Å². The molecule has 2 fully saturated rings. The fourth-order valence-corrected chi connectivity index (χ4v) is 7.60. The number of benzene rings is 3. The second kappa shape index (κ2) is 15.9. The Morgan fingerprint density at radius 2 is 1.69 bits per heavy atom. The number of thioether (sulfide) groups is 1. The predicted octanol–water partition coefficient (Wildman–Crippen LogP) is 6.23. The van der Waals surface area contributed by atoms with E-state index in [0.717, 1.165) is 38.1 Å². The number of hydrogen-bond acceptors (Lipinski definition) is 7. The third-order valence-corrected chi connectivity index (χ3v) is 10.4. The molecule has 2 aliphatic heterocycles. The summed E-state index contributed by atoms with van der Waals surface area (Å²) in [6.07, 6.45) is -4.42. The first-order valence-corrected chi connectivity index (χ1v) is 17.7. The molecular formula is C38H38F3N3O6S. The van der Waals surface area contributed by atoms with Gasteiger partial charge in [0.25, 0.3) is 5.03 Å². The molecule has 0 aliphatic carbocycles. The van der Waals surface area contributed by atoms with Gasteiger partial charge < -0.3 is 30.0 Å². The number of aromatic nitrogens is 1. The number of hydrogen-bond donors (Lipinski definition) is 2. The zero-order valence-corrected chi connectivity index (χ0v) is 28.6. The van der Waals surface area contributed by atoms with Crippen LogP contribution in [0.3, 0.4) is 0 Å². The van der Waals surface area contributed by atoms with Gasteiger partial charge in [0, 0.05) is 42.5 Å². The Balaban J connectivity index is 1.18. The predicted molar refractivity (Wildman–Crippen MR) is 184 cm³/mol. The quantitative estimate of drug-likeness (QED) is 0.113. The number of alkyl halides is 3. The minimum absolute atomic E-state index is 0.0644. The van der Waals surface area contributed by atoms with Crippen molar-refractivity contribution in [2.45, 2.75) is 68.7 Å². The molecule has 5 atom stereocenters. The largest absolute Gasteiger partial charge is 0.618 e. The standard InChI is InChI=1S/C38H38F3N3O6S/c1-24-32(23-51-33-10-4-5-20-44(33)48)49-36(50-34(24)27-13-11-25(22-45)12-14-27)28-17-15-26(16-18-28)30-8-3-2-7-29(30)21-42-35(46)31-9-6-19-43(31)37(47)38(39,40)41/h2-5,7-8,10-18,20,24,31-32,34,36,45H,6,9,19,21-23H2,1H3,(H,42,46)/t24-,31+,32+,34+,36+/m1/s1. The van der Waals surface area contributed by atoms with Crippen LogP contribution in [0.15, 0.2) is 102 Å². The summed E-state index contributed by atoms with van der Waals surface area (Å²) in [5.41, 5.74) is 4.93. The van der Waals surface area contributed by atoms with E-state index in [2.05, 4.69) is 12.2 Å². The Hall–Kier alpha value is -4.43. The zero-order valence-electron chi connectivity index (χ0n) is 27.8. The zero-order chi connectivity index (χ0) is 36.1. The van der Waals surface area contributed by atoms with E-state index >= 15 is 0 Å². The first-order chi connectivity index (χ1) is 24.5. The Labute approximate surface area is 298 Å². The second-order valence-corrected chi connectivity index (χ2v) is 13.7. The lowest BCUT2D eigenvalue weighted by Crippen LogP contribution is -2.50. The number of likely N-dealkylation sites (tertiary alicyclic amines) is 1. The average molecular weight is 722 g/mol. The SMILES string of the molecule is C[C@@H]1[C@H](CSc2cccc[n+]2[O-])O[C@H](c2ccc(-c3ccccc3CNC(=O)[C@@H]3CCCN3C(=O)C(F)(F)F)cc2)O[C@@H]1c1ccc(CO)cc1. The van der Waals surface area contributed by atoms with Gasteiger partial charge >= 0.3 is 12.1 Å². The van der Waals surface area contributed by atoms with Gasteiger partial charge in [-0.15, -0.1) is 0 Å². The highest BCUT2D eigenvalue weighted by Gasteiger charge is 2.47. The molecule has 2 amide bonds. The summed E-state index contributed by atoms with van der Waals surface area (Å²) in [4.78, 5) is 25.4.